The van der Waals surface area contributed by atoms with Crippen molar-refractivity contribution in [3.63, 3.8) is 0 Å². The molecule has 1 aromatic heterocycles. The first-order valence-electron chi connectivity index (χ1n) is 4.67. The van der Waals surface area contributed by atoms with E-state index in [-0.39, 0.29) is 6.04 Å². The molecule has 0 aliphatic heterocycles. The molecule has 0 saturated carbocycles. The fourth-order valence-corrected chi connectivity index (χ4v) is 1.66. The van der Waals surface area contributed by atoms with Gasteiger partial charge in [-0.05, 0) is 31.5 Å². The molecule has 0 saturated heterocycles. The van der Waals surface area contributed by atoms with Gasteiger partial charge in [-0.25, -0.2) is 0 Å². The Labute approximate surface area is 90.0 Å². The molecule has 1 rings (SSSR count). The van der Waals surface area contributed by atoms with Crippen LogP contribution in [0.15, 0.2) is 31.1 Å². The van der Waals surface area contributed by atoms with Gasteiger partial charge < -0.3 is 5.32 Å². The van der Waals surface area contributed by atoms with Crippen molar-refractivity contribution in [2.75, 3.05) is 7.05 Å². The maximum atomic E-state index is 6.05. The van der Waals surface area contributed by atoms with Crippen LogP contribution in [0.3, 0.4) is 0 Å². The predicted octanol–water partition coefficient (Wildman–Crippen LogP) is 2.96. The van der Waals surface area contributed by atoms with Gasteiger partial charge in [0.25, 0.3) is 0 Å². The van der Waals surface area contributed by atoms with Gasteiger partial charge in [0.1, 0.15) is 0 Å². The summed E-state index contributed by atoms with van der Waals surface area (Å²) in [6.07, 6.45) is 7.34. The van der Waals surface area contributed by atoms with Crippen molar-refractivity contribution < 1.29 is 0 Å². The number of halogens is 1. The highest BCUT2D eigenvalue weighted by molar-refractivity contribution is 6.31. The number of hydrogen-bond donors (Lipinski definition) is 1. The van der Waals surface area contributed by atoms with Gasteiger partial charge in [0, 0.05) is 18.4 Å². The van der Waals surface area contributed by atoms with Crippen LogP contribution in [0.25, 0.3) is 0 Å². The quantitative estimate of drug-likeness (QED) is 0.756. The summed E-state index contributed by atoms with van der Waals surface area (Å²) in [4.78, 5) is 3.96. The molecule has 0 bridgehead atoms. The van der Waals surface area contributed by atoms with E-state index < -0.39 is 0 Å². The van der Waals surface area contributed by atoms with Crippen molar-refractivity contribution in [1.29, 1.82) is 0 Å². The van der Waals surface area contributed by atoms with Gasteiger partial charge in [0.15, 0.2) is 0 Å². The number of aromatic nitrogens is 1. The van der Waals surface area contributed by atoms with Crippen LogP contribution in [0.4, 0.5) is 0 Å². The molecule has 3 heteroatoms. The van der Waals surface area contributed by atoms with Crippen LogP contribution in [-0.2, 0) is 0 Å². The third-order valence-corrected chi connectivity index (χ3v) is 2.50. The van der Waals surface area contributed by atoms with Crippen LogP contribution >= 0.6 is 11.6 Å². The molecule has 0 radical (unpaired) electrons. The number of nitrogens with one attached hydrogen (secondary N) is 1. The van der Waals surface area contributed by atoms with Crippen LogP contribution in [0.2, 0.25) is 5.02 Å². The number of nitrogens with zero attached hydrogens (tertiary/aromatic N) is 1. The number of rotatable bonds is 5. The summed E-state index contributed by atoms with van der Waals surface area (Å²) in [6.45, 7) is 3.71. The maximum absolute atomic E-state index is 6.05. The molecule has 14 heavy (non-hydrogen) atoms. The van der Waals surface area contributed by atoms with Gasteiger partial charge in [-0.2, -0.15) is 0 Å². The zero-order valence-electron chi connectivity index (χ0n) is 8.33. The SMILES string of the molecule is C=CCCC(NC)c1ccncc1Cl. The molecule has 1 atom stereocenters. The summed E-state index contributed by atoms with van der Waals surface area (Å²) in [5.41, 5.74) is 1.10. The second-order valence-corrected chi connectivity index (χ2v) is 3.51. The Morgan fingerprint density at radius 3 is 3.07 bits per heavy atom. The van der Waals surface area contributed by atoms with Crippen LogP contribution < -0.4 is 5.32 Å². The molecule has 0 aromatic carbocycles. The molecule has 0 aliphatic rings. The lowest BCUT2D eigenvalue weighted by Crippen LogP contribution is -2.16. The molecular formula is C11H15ClN2. The highest BCUT2D eigenvalue weighted by Crippen LogP contribution is 2.24. The van der Waals surface area contributed by atoms with E-state index in [0.29, 0.717) is 0 Å². The van der Waals surface area contributed by atoms with E-state index in [9.17, 15) is 0 Å². The van der Waals surface area contributed by atoms with E-state index >= 15 is 0 Å². The van der Waals surface area contributed by atoms with Crippen molar-refractivity contribution in [2.45, 2.75) is 18.9 Å². The van der Waals surface area contributed by atoms with Crippen LogP contribution in [-0.4, -0.2) is 12.0 Å². The van der Waals surface area contributed by atoms with Crippen molar-refractivity contribution in [3.8, 4) is 0 Å². The Kier molecular flexibility index (Phi) is 4.63. The first-order chi connectivity index (χ1) is 6.79. The van der Waals surface area contributed by atoms with Crippen molar-refractivity contribution in [2.24, 2.45) is 0 Å². The largest absolute Gasteiger partial charge is 0.313 e. The molecule has 2 nitrogen and oxygen atoms in total. The van der Waals surface area contributed by atoms with E-state index in [4.69, 9.17) is 11.6 Å². The van der Waals surface area contributed by atoms with Crippen LogP contribution in [0, 0.1) is 0 Å². The summed E-state index contributed by atoms with van der Waals surface area (Å²) in [6, 6.07) is 2.23. The highest BCUT2D eigenvalue weighted by atomic mass is 35.5. The lowest BCUT2D eigenvalue weighted by atomic mass is 10.0. The van der Waals surface area contributed by atoms with Gasteiger partial charge in [0.05, 0.1) is 5.02 Å². The monoisotopic (exact) mass is 210 g/mol. The summed E-state index contributed by atoms with van der Waals surface area (Å²) in [5.74, 6) is 0. The summed E-state index contributed by atoms with van der Waals surface area (Å²) < 4.78 is 0. The Morgan fingerprint density at radius 1 is 1.71 bits per heavy atom. The van der Waals surface area contributed by atoms with Crippen LogP contribution in [0.5, 0.6) is 0 Å². The van der Waals surface area contributed by atoms with E-state index in [0.717, 1.165) is 23.4 Å². The molecule has 0 amide bonds. The van der Waals surface area contributed by atoms with Gasteiger partial charge in [-0.1, -0.05) is 17.7 Å². The molecule has 1 aromatic rings. The normalized spacial score (nSPS) is 12.4. The van der Waals surface area contributed by atoms with Gasteiger partial charge >= 0.3 is 0 Å². The Morgan fingerprint density at radius 2 is 2.50 bits per heavy atom. The smallest absolute Gasteiger partial charge is 0.0637 e. The third-order valence-electron chi connectivity index (χ3n) is 2.19. The second-order valence-electron chi connectivity index (χ2n) is 3.10. The van der Waals surface area contributed by atoms with Crippen molar-refractivity contribution >= 4 is 11.6 Å². The minimum Gasteiger partial charge on any atom is -0.313 e. The summed E-state index contributed by atoms with van der Waals surface area (Å²) >= 11 is 6.05. The summed E-state index contributed by atoms with van der Waals surface area (Å²) in [7, 11) is 1.94. The molecule has 1 N–H and O–H groups in total. The fourth-order valence-electron chi connectivity index (χ4n) is 1.41. The third kappa shape index (κ3) is 2.82. The lowest BCUT2D eigenvalue weighted by Gasteiger charge is -2.16. The molecule has 76 valence electrons. The minimum atomic E-state index is 0.281. The van der Waals surface area contributed by atoms with E-state index in [1.165, 1.54) is 0 Å². The number of pyridine rings is 1. The van der Waals surface area contributed by atoms with Crippen molar-refractivity contribution in [3.05, 3.63) is 41.7 Å². The van der Waals surface area contributed by atoms with E-state index in [1.807, 2.05) is 19.2 Å². The molecule has 1 unspecified atom stereocenters. The molecule has 0 aliphatic carbocycles. The predicted molar refractivity (Wildman–Crippen MR) is 60.5 cm³/mol. The molecular weight excluding hydrogens is 196 g/mol. The first kappa shape index (κ1) is 11.2. The average molecular weight is 211 g/mol. The average Bonchev–Trinajstić information content (AvgIpc) is 2.21. The molecule has 0 fully saturated rings. The van der Waals surface area contributed by atoms with E-state index in [2.05, 4.69) is 16.9 Å². The van der Waals surface area contributed by atoms with E-state index in [1.54, 1.807) is 12.4 Å². The standard InChI is InChI=1S/C11H15ClN2/c1-3-4-5-11(13-2)9-6-7-14-8-10(9)12/h3,6-8,11,13H,1,4-5H2,2H3. The first-order valence-corrected chi connectivity index (χ1v) is 5.05. The number of hydrogen-bond acceptors (Lipinski definition) is 2. The second kappa shape index (κ2) is 5.78. The fraction of sp³-hybridized carbons (Fsp3) is 0.364. The molecule has 1 heterocycles. The Bertz CT molecular complexity index is 299. The van der Waals surface area contributed by atoms with Crippen LogP contribution in [0.1, 0.15) is 24.4 Å². The topological polar surface area (TPSA) is 24.9 Å². The lowest BCUT2D eigenvalue weighted by molar-refractivity contribution is 0.554. The van der Waals surface area contributed by atoms with Gasteiger partial charge in [0.2, 0.25) is 0 Å². The van der Waals surface area contributed by atoms with Gasteiger partial charge in [-0.3, -0.25) is 4.98 Å². The zero-order valence-corrected chi connectivity index (χ0v) is 9.09. The Hall–Kier alpha value is -0.860. The highest BCUT2D eigenvalue weighted by Gasteiger charge is 2.11. The van der Waals surface area contributed by atoms with Crippen molar-refractivity contribution in [1.82, 2.24) is 10.3 Å². The Balaban J connectivity index is 2.78. The maximum Gasteiger partial charge on any atom is 0.0637 e. The number of allylic oxidation sites excluding steroid dienone is 1. The summed E-state index contributed by atoms with van der Waals surface area (Å²) in [5, 5.41) is 3.95. The van der Waals surface area contributed by atoms with Gasteiger partial charge in [-0.15, -0.1) is 6.58 Å². The zero-order chi connectivity index (χ0) is 10.4. The minimum absolute atomic E-state index is 0.281. The molecule has 0 spiro atoms.